The topological polar surface area (TPSA) is 34.1 Å². The number of aromatic nitrogens is 1. The Morgan fingerprint density at radius 2 is 1.95 bits per heavy atom. The molecule has 0 aliphatic heterocycles. The third kappa shape index (κ3) is 4.83. The molecule has 0 spiro atoms. The predicted octanol–water partition coefficient (Wildman–Crippen LogP) is 4.21. The molecule has 1 aromatic carbocycles. The number of hydrogen-bond acceptors (Lipinski definition) is 3. The molecule has 0 fully saturated rings. The van der Waals surface area contributed by atoms with Gasteiger partial charge in [0.15, 0.2) is 0 Å². The highest BCUT2D eigenvalue weighted by Crippen LogP contribution is 2.24. The van der Waals surface area contributed by atoms with Gasteiger partial charge in [-0.15, -0.1) is 0 Å². The molecule has 21 heavy (non-hydrogen) atoms. The first-order valence-corrected chi connectivity index (χ1v) is 6.97. The molecule has 2 aromatic rings. The second kappa shape index (κ2) is 6.22. The quantitative estimate of drug-likeness (QED) is 0.915. The van der Waals surface area contributed by atoms with Crippen LogP contribution in [0.15, 0.2) is 36.5 Å². The first-order valence-electron chi connectivity index (χ1n) is 6.97. The highest BCUT2D eigenvalue weighted by atomic mass is 19.1. The van der Waals surface area contributed by atoms with Crippen molar-refractivity contribution in [3.05, 3.63) is 53.5 Å². The SMILES string of the molecule is Cc1cc(F)ccc1Oc1ccc(CNC(C)(C)C)cn1. The normalized spacial score (nSPS) is 11.5. The first-order chi connectivity index (χ1) is 9.83. The molecule has 1 heterocycles. The van der Waals surface area contributed by atoms with Crippen molar-refractivity contribution in [2.75, 3.05) is 0 Å². The Labute approximate surface area is 125 Å². The minimum absolute atomic E-state index is 0.0698. The second-order valence-corrected chi connectivity index (χ2v) is 6.12. The Bertz CT molecular complexity index is 603. The maximum absolute atomic E-state index is 13.0. The summed E-state index contributed by atoms with van der Waals surface area (Å²) in [6, 6.07) is 8.23. The van der Waals surface area contributed by atoms with Crippen molar-refractivity contribution in [2.45, 2.75) is 39.8 Å². The zero-order valence-electron chi connectivity index (χ0n) is 12.9. The number of hydrogen-bond donors (Lipinski definition) is 1. The molecule has 1 aromatic heterocycles. The van der Waals surface area contributed by atoms with Gasteiger partial charge in [-0.25, -0.2) is 9.37 Å². The fraction of sp³-hybridized carbons (Fsp3) is 0.353. The molecule has 0 atom stereocenters. The van der Waals surface area contributed by atoms with Crippen LogP contribution in [0.2, 0.25) is 0 Å². The number of halogens is 1. The summed E-state index contributed by atoms with van der Waals surface area (Å²) in [6.07, 6.45) is 1.78. The molecular formula is C17H21FN2O. The first kappa shape index (κ1) is 15.4. The van der Waals surface area contributed by atoms with E-state index in [0.29, 0.717) is 11.6 Å². The molecule has 3 nitrogen and oxygen atoms in total. The Kier molecular flexibility index (Phi) is 4.58. The molecule has 0 bridgehead atoms. The van der Waals surface area contributed by atoms with Gasteiger partial charge >= 0.3 is 0 Å². The van der Waals surface area contributed by atoms with E-state index in [0.717, 1.165) is 17.7 Å². The van der Waals surface area contributed by atoms with E-state index in [1.54, 1.807) is 19.2 Å². The number of rotatable bonds is 4. The standard InChI is InChI=1S/C17H21FN2O/c1-12-9-14(18)6-7-15(12)21-16-8-5-13(10-19-16)11-20-17(2,3)4/h5-10,20H,11H2,1-4H3. The van der Waals surface area contributed by atoms with Gasteiger partial charge in [0, 0.05) is 24.3 Å². The van der Waals surface area contributed by atoms with Gasteiger partial charge in [-0.2, -0.15) is 0 Å². The largest absolute Gasteiger partial charge is 0.439 e. The molecule has 0 unspecified atom stereocenters. The van der Waals surface area contributed by atoms with Crippen LogP contribution in [0.25, 0.3) is 0 Å². The van der Waals surface area contributed by atoms with Crippen LogP contribution in [-0.2, 0) is 6.54 Å². The molecule has 0 saturated heterocycles. The molecule has 0 aliphatic rings. The minimum atomic E-state index is -0.267. The summed E-state index contributed by atoms with van der Waals surface area (Å²) >= 11 is 0. The van der Waals surface area contributed by atoms with Crippen LogP contribution >= 0.6 is 0 Å². The van der Waals surface area contributed by atoms with Crippen LogP contribution < -0.4 is 10.1 Å². The molecule has 0 radical (unpaired) electrons. The Balaban J connectivity index is 2.02. The lowest BCUT2D eigenvalue weighted by atomic mass is 10.1. The maximum Gasteiger partial charge on any atom is 0.219 e. The summed E-state index contributed by atoms with van der Waals surface area (Å²) in [5.74, 6) is 0.852. The van der Waals surface area contributed by atoms with Gasteiger partial charge in [0.2, 0.25) is 5.88 Å². The summed E-state index contributed by atoms with van der Waals surface area (Å²) in [5.41, 5.74) is 1.91. The molecular weight excluding hydrogens is 267 g/mol. The van der Waals surface area contributed by atoms with Gasteiger partial charge in [0.1, 0.15) is 11.6 Å². The molecule has 0 saturated carbocycles. The lowest BCUT2D eigenvalue weighted by Gasteiger charge is -2.20. The van der Waals surface area contributed by atoms with Crippen LogP contribution in [0, 0.1) is 12.7 Å². The van der Waals surface area contributed by atoms with E-state index in [1.165, 1.54) is 12.1 Å². The second-order valence-electron chi connectivity index (χ2n) is 6.12. The number of nitrogens with one attached hydrogen (secondary N) is 1. The van der Waals surface area contributed by atoms with Gasteiger partial charge in [0.05, 0.1) is 0 Å². The van der Waals surface area contributed by atoms with E-state index in [9.17, 15) is 4.39 Å². The third-order valence-electron chi connectivity index (χ3n) is 2.97. The van der Waals surface area contributed by atoms with Crippen molar-refractivity contribution in [3.8, 4) is 11.6 Å². The van der Waals surface area contributed by atoms with E-state index >= 15 is 0 Å². The summed E-state index contributed by atoms with van der Waals surface area (Å²) in [4.78, 5) is 4.28. The summed E-state index contributed by atoms with van der Waals surface area (Å²) < 4.78 is 18.7. The number of nitrogens with zero attached hydrogens (tertiary/aromatic N) is 1. The van der Waals surface area contributed by atoms with E-state index in [1.807, 2.05) is 12.1 Å². The summed E-state index contributed by atoms with van der Waals surface area (Å²) in [5, 5.41) is 3.40. The van der Waals surface area contributed by atoms with Gasteiger partial charge in [0.25, 0.3) is 0 Å². The third-order valence-corrected chi connectivity index (χ3v) is 2.97. The average molecular weight is 288 g/mol. The van der Waals surface area contributed by atoms with E-state index in [-0.39, 0.29) is 11.4 Å². The summed E-state index contributed by atoms with van der Waals surface area (Å²) in [7, 11) is 0. The fourth-order valence-corrected chi connectivity index (χ4v) is 1.78. The highest BCUT2D eigenvalue weighted by Gasteiger charge is 2.09. The molecule has 112 valence electrons. The Morgan fingerprint density at radius 1 is 1.19 bits per heavy atom. The number of ether oxygens (including phenoxy) is 1. The van der Waals surface area contributed by atoms with Crippen molar-refractivity contribution in [1.29, 1.82) is 0 Å². The van der Waals surface area contributed by atoms with Crippen molar-refractivity contribution in [2.24, 2.45) is 0 Å². The van der Waals surface area contributed by atoms with Crippen molar-refractivity contribution in [3.63, 3.8) is 0 Å². The van der Waals surface area contributed by atoms with Gasteiger partial charge < -0.3 is 10.1 Å². The van der Waals surface area contributed by atoms with Crippen molar-refractivity contribution >= 4 is 0 Å². The van der Waals surface area contributed by atoms with Gasteiger partial charge in [-0.05, 0) is 57.0 Å². The van der Waals surface area contributed by atoms with Crippen molar-refractivity contribution in [1.82, 2.24) is 10.3 Å². The Hall–Kier alpha value is -1.94. The van der Waals surface area contributed by atoms with Gasteiger partial charge in [-0.3, -0.25) is 0 Å². The van der Waals surface area contributed by atoms with Gasteiger partial charge in [-0.1, -0.05) is 6.07 Å². The van der Waals surface area contributed by atoms with Crippen molar-refractivity contribution < 1.29 is 9.13 Å². The van der Waals surface area contributed by atoms with Crippen LogP contribution in [0.4, 0.5) is 4.39 Å². The lowest BCUT2D eigenvalue weighted by molar-refractivity contribution is 0.422. The smallest absolute Gasteiger partial charge is 0.219 e. The van der Waals surface area contributed by atoms with Crippen LogP contribution in [0.5, 0.6) is 11.6 Å². The molecule has 2 rings (SSSR count). The Morgan fingerprint density at radius 3 is 2.52 bits per heavy atom. The van der Waals surface area contributed by atoms with Crippen LogP contribution in [-0.4, -0.2) is 10.5 Å². The molecule has 0 aliphatic carbocycles. The molecule has 1 N–H and O–H groups in total. The van der Waals surface area contributed by atoms with E-state index in [4.69, 9.17) is 4.74 Å². The predicted molar refractivity (Wildman–Crippen MR) is 82.0 cm³/mol. The van der Waals surface area contributed by atoms with E-state index < -0.39 is 0 Å². The highest BCUT2D eigenvalue weighted by molar-refractivity contribution is 5.35. The lowest BCUT2D eigenvalue weighted by Crippen LogP contribution is -2.35. The zero-order valence-corrected chi connectivity index (χ0v) is 12.9. The average Bonchev–Trinajstić information content (AvgIpc) is 2.40. The van der Waals surface area contributed by atoms with E-state index in [2.05, 4.69) is 31.1 Å². The molecule has 4 heteroatoms. The number of aryl methyl sites for hydroxylation is 1. The molecule has 0 amide bonds. The van der Waals surface area contributed by atoms with Crippen LogP contribution in [0.1, 0.15) is 31.9 Å². The van der Waals surface area contributed by atoms with Crippen LogP contribution in [0.3, 0.4) is 0 Å². The maximum atomic E-state index is 13.0. The fourth-order valence-electron chi connectivity index (χ4n) is 1.78. The number of benzene rings is 1. The monoisotopic (exact) mass is 288 g/mol. The number of pyridine rings is 1. The summed E-state index contributed by atoms with van der Waals surface area (Å²) in [6.45, 7) is 8.92. The zero-order chi connectivity index (χ0) is 15.5. The minimum Gasteiger partial charge on any atom is -0.439 e.